The molecule has 2 aromatic heterocycles. The second kappa shape index (κ2) is 8.51. The lowest BCUT2D eigenvalue weighted by molar-refractivity contribution is 0.0776. The van der Waals surface area contributed by atoms with Gasteiger partial charge in [0.2, 0.25) is 0 Å². The number of carbonyl (C=O) groups excluding carboxylic acids is 1. The third kappa shape index (κ3) is 4.28. The number of carbonyl (C=O) groups is 1. The molecule has 1 aliphatic carbocycles. The lowest BCUT2D eigenvalue weighted by atomic mass is 9.90. The molecule has 0 aliphatic heterocycles. The zero-order chi connectivity index (χ0) is 20.4. The van der Waals surface area contributed by atoms with Crippen LogP contribution in [0.2, 0.25) is 0 Å². The predicted molar refractivity (Wildman–Crippen MR) is 117 cm³/mol. The van der Waals surface area contributed by atoms with Crippen molar-refractivity contribution in [3.8, 4) is 0 Å². The summed E-state index contributed by atoms with van der Waals surface area (Å²) in [6.45, 7) is 1.54. The lowest BCUT2D eigenvalue weighted by Gasteiger charge is -2.31. The van der Waals surface area contributed by atoms with Crippen molar-refractivity contribution in [3.05, 3.63) is 75.2 Å². The Morgan fingerprint density at radius 2 is 1.97 bits per heavy atom. The standard InChI is InChI=1S/C23H28N4OS/c1-25(15-18-11-12-29-16-18)19-9-10-21-20(13-19)22(24-27(21)3)23(28)26(2)14-17-7-5-4-6-8-17/h4-8,11-12,16,19H,9-10,13-15H2,1-3H3. The van der Waals surface area contributed by atoms with Crippen LogP contribution in [0.25, 0.3) is 0 Å². The van der Waals surface area contributed by atoms with Crippen LogP contribution in [0.4, 0.5) is 0 Å². The van der Waals surface area contributed by atoms with Crippen LogP contribution < -0.4 is 0 Å². The van der Waals surface area contributed by atoms with E-state index in [9.17, 15) is 4.79 Å². The maximum Gasteiger partial charge on any atom is 0.274 e. The van der Waals surface area contributed by atoms with Gasteiger partial charge in [0.25, 0.3) is 5.91 Å². The summed E-state index contributed by atoms with van der Waals surface area (Å²) in [4.78, 5) is 17.4. The van der Waals surface area contributed by atoms with Crippen LogP contribution in [-0.4, -0.2) is 45.6 Å². The monoisotopic (exact) mass is 408 g/mol. The molecule has 4 rings (SSSR count). The molecule has 152 valence electrons. The highest BCUT2D eigenvalue weighted by Crippen LogP contribution is 2.28. The summed E-state index contributed by atoms with van der Waals surface area (Å²) in [5.41, 5.74) is 5.44. The quantitative estimate of drug-likeness (QED) is 0.624. The van der Waals surface area contributed by atoms with E-state index in [-0.39, 0.29) is 5.91 Å². The molecule has 0 radical (unpaired) electrons. The highest BCUT2D eigenvalue weighted by Gasteiger charge is 2.31. The van der Waals surface area contributed by atoms with E-state index in [0.717, 1.165) is 36.9 Å². The van der Waals surface area contributed by atoms with Crippen molar-refractivity contribution < 1.29 is 4.79 Å². The predicted octanol–water partition coefficient (Wildman–Crippen LogP) is 3.74. The van der Waals surface area contributed by atoms with E-state index in [1.807, 2.05) is 49.1 Å². The Morgan fingerprint density at radius 3 is 2.69 bits per heavy atom. The summed E-state index contributed by atoms with van der Waals surface area (Å²) < 4.78 is 1.91. The summed E-state index contributed by atoms with van der Waals surface area (Å²) in [6, 6.07) is 12.7. The molecule has 6 heteroatoms. The van der Waals surface area contributed by atoms with Crippen molar-refractivity contribution in [2.75, 3.05) is 14.1 Å². The van der Waals surface area contributed by atoms with E-state index in [4.69, 9.17) is 0 Å². The number of nitrogens with zero attached hydrogens (tertiary/aromatic N) is 4. The minimum atomic E-state index is 0.00633. The van der Waals surface area contributed by atoms with Gasteiger partial charge in [0.15, 0.2) is 5.69 Å². The van der Waals surface area contributed by atoms with Gasteiger partial charge in [0.1, 0.15) is 0 Å². The van der Waals surface area contributed by atoms with Gasteiger partial charge in [-0.05, 0) is 54.3 Å². The summed E-state index contributed by atoms with van der Waals surface area (Å²) in [7, 11) is 6.01. The van der Waals surface area contributed by atoms with E-state index in [2.05, 4.69) is 33.9 Å². The van der Waals surface area contributed by atoms with Gasteiger partial charge in [-0.3, -0.25) is 14.4 Å². The Hall–Kier alpha value is -2.44. The number of amides is 1. The van der Waals surface area contributed by atoms with Crippen molar-refractivity contribution >= 4 is 17.2 Å². The number of likely N-dealkylation sites (N-methyl/N-ethyl adjacent to an activating group) is 1. The molecule has 0 N–H and O–H groups in total. The largest absolute Gasteiger partial charge is 0.336 e. The maximum absolute atomic E-state index is 13.2. The molecular weight excluding hydrogens is 380 g/mol. The first-order valence-corrected chi connectivity index (χ1v) is 11.0. The van der Waals surface area contributed by atoms with Gasteiger partial charge in [-0.15, -0.1) is 0 Å². The molecule has 1 aromatic carbocycles. The molecule has 0 saturated heterocycles. The molecule has 0 saturated carbocycles. The van der Waals surface area contributed by atoms with Gasteiger partial charge in [-0.25, -0.2) is 0 Å². The van der Waals surface area contributed by atoms with Crippen LogP contribution in [-0.2, 0) is 33.0 Å². The maximum atomic E-state index is 13.2. The molecule has 3 aromatic rings. The van der Waals surface area contributed by atoms with Crippen molar-refractivity contribution in [1.29, 1.82) is 0 Å². The van der Waals surface area contributed by atoms with Crippen LogP contribution in [0.15, 0.2) is 47.2 Å². The third-order valence-electron chi connectivity index (χ3n) is 5.88. The number of fused-ring (bicyclic) bond motifs is 1. The fraction of sp³-hybridized carbons (Fsp3) is 0.391. The number of rotatable bonds is 6. The average molecular weight is 409 g/mol. The molecule has 2 heterocycles. The molecule has 5 nitrogen and oxygen atoms in total. The molecule has 0 fully saturated rings. The summed E-state index contributed by atoms with van der Waals surface area (Å²) >= 11 is 1.74. The van der Waals surface area contributed by atoms with E-state index in [0.29, 0.717) is 18.3 Å². The van der Waals surface area contributed by atoms with Crippen LogP contribution >= 0.6 is 11.3 Å². The van der Waals surface area contributed by atoms with E-state index >= 15 is 0 Å². The minimum absolute atomic E-state index is 0.00633. The highest BCUT2D eigenvalue weighted by atomic mass is 32.1. The number of hydrogen-bond donors (Lipinski definition) is 0. The van der Waals surface area contributed by atoms with Gasteiger partial charge in [-0.2, -0.15) is 16.4 Å². The molecule has 1 amide bonds. The highest BCUT2D eigenvalue weighted by molar-refractivity contribution is 7.07. The Balaban J connectivity index is 1.51. The number of aryl methyl sites for hydroxylation is 1. The molecule has 0 spiro atoms. The lowest BCUT2D eigenvalue weighted by Crippen LogP contribution is -2.37. The van der Waals surface area contributed by atoms with Crippen molar-refractivity contribution in [2.45, 2.75) is 38.4 Å². The number of hydrogen-bond acceptors (Lipinski definition) is 4. The van der Waals surface area contributed by atoms with Crippen LogP contribution in [0, 0.1) is 0 Å². The summed E-state index contributed by atoms with van der Waals surface area (Å²) in [5.74, 6) is 0.00633. The molecule has 1 aliphatic rings. The van der Waals surface area contributed by atoms with Crippen molar-refractivity contribution in [3.63, 3.8) is 0 Å². The summed E-state index contributed by atoms with van der Waals surface area (Å²) in [6.07, 6.45) is 2.94. The van der Waals surface area contributed by atoms with Gasteiger partial charge < -0.3 is 4.90 Å². The third-order valence-corrected chi connectivity index (χ3v) is 6.61. The molecule has 1 atom stereocenters. The van der Waals surface area contributed by atoms with Gasteiger partial charge in [0, 0.05) is 44.5 Å². The van der Waals surface area contributed by atoms with E-state index in [1.165, 1.54) is 11.3 Å². The molecule has 29 heavy (non-hydrogen) atoms. The number of aromatic nitrogens is 2. The summed E-state index contributed by atoms with van der Waals surface area (Å²) in [5, 5.41) is 8.97. The second-order valence-corrected chi connectivity index (χ2v) is 8.77. The topological polar surface area (TPSA) is 41.4 Å². The van der Waals surface area contributed by atoms with Crippen LogP contribution in [0.5, 0.6) is 0 Å². The molecule has 0 bridgehead atoms. The van der Waals surface area contributed by atoms with Crippen molar-refractivity contribution in [2.24, 2.45) is 7.05 Å². The van der Waals surface area contributed by atoms with E-state index < -0.39 is 0 Å². The fourth-order valence-electron chi connectivity index (χ4n) is 4.23. The Bertz CT molecular complexity index is 964. The Kier molecular flexibility index (Phi) is 5.83. The first kappa shape index (κ1) is 19.9. The number of benzene rings is 1. The second-order valence-electron chi connectivity index (χ2n) is 7.99. The fourth-order valence-corrected chi connectivity index (χ4v) is 4.89. The SMILES string of the molecule is CN(Cc1ccccc1)C(=O)c1nn(C)c2c1CC(N(C)Cc1ccsc1)CC2. The number of thiophene rings is 1. The first-order valence-electron chi connectivity index (χ1n) is 10.1. The van der Waals surface area contributed by atoms with Gasteiger partial charge in [-0.1, -0.05) is 30.3 Å². The zero-order valence-electron chi connectivity index (χ0n) is 17.3. The van der Waals surface area contributed by atoms with Gasteiger partial charge >= 0.3 is 0 Å². The normalized spacial score (nSPS) is 16.1. The van der Waals surface area contributed by atoms with Crippen molar-refractivity contribution in [1.82, 2.24) is 19.6 Å². The average Bonchev–Trinajstić information content (AvgIpc) is 3.35. The smallest absolute Gasteiger partial charge is 0.274 e. The molecule has 1 unspecified atom stereocenters. The van der Waals surface area contributed by atoms with Crippen LogP contribution in [0.1, 0.15) is 39.3 Å². The van der Waals surface area contributed by atoms with Crippen LogP contribution in [0.3, 0.4) is 0 Å². The molecular formula is C23H28N4OS. The van der Waals surface area contributed by atoms with E-state index in [1.54, 1.807) is 16.2 Å². The first-order chi connectivity index (χ1) is 14.0. The Morgan fingerprint density at radius 1 is 1.17 bits per heavy atom. The zero-order valence-corrected chi connectivity index (χ0v) is 18.2. The minimum Gasteiger partial charge on any atom is -0.336 e. The Labute approximate surface area is 176 Å². The van der Waals surface area contributed by atoms with Gasteiger partial charge in [0.05, 0.1) is 0 Å².